The van der Waals surface area contributed by atoms with E-state index in [9.17, 15) is 0 Å². The lowest BCUT2D eigenvalue weighted by Crippen LogP contribution is -2.50. The summed E-state index contributed by atoms with van der Waals surface area (Å²) < 4.78 is 6.59. The SMILES string of the molecule is CN1c2ccccc2-c2ccccc2[C@]12C=Cc1cc(Cl)ccc1O2. The van der Waals surface area contributed by atoms with Crippen molar-refractivity contribution < 1.29 is 4.74 Å². The zero-order chi connectivity index (χ0) is 17.0. The van der Waals surface area contributed by atoms with E-state index in [4.69, 9.17) is 16.3 Å². The van der Waals surface area contributed by atoms with E-state index < -0.39 is 5.72 Å². The van der Waals surface area contributed by atoms with E-state index >= 15 is 0 Å². The molecule has 1 atom stereocenters. The molecule has 5 rings (SSSR count). The highest BCUT2D eigenvalue weighted by atomic mass is 35.5. The fourth-order valence-corrected chi connectivity index (χ4v) is 4.04. The van der Waals surface area contributed by atoms with Crippen molar-refractivity contribution in [3.8, 4) is 16.9 Å². The first-order valence-electron chi connectivity index (χ1n) is 8.30. The molecule has 0 aliphatic carbocycles. The second kappa shape index (κ2) is 5.14. The Labute approximate surface area is 151 Å². The van der Waals surface area contributed by atoms with Gasteiger partial charge in [-0.05, 0) is 42.0 Å². The summed E-state index contributed by atoms with van der Waals surface area (Å²) in [7, 11) is 2.08. The van der Waals surface area contributed by atoms with Crippen molar-refractivity contribution in [2.75, 3.05) is 11.9 Å². The lowest BCUT2D eigenvalue weighted by Gasteiger charge is -2.47. The van der Waals surface area contributed by atoms with Gasteiger partial charge in [-0.25, -0.2) is 0 Å². The Morgan fingerprint density at radius 1 is 0.920 bits per heavy atom. The van der Waals surface area contributed by atoms with Gasteiger partial charge in [-0.2, -0.15) is 0 Å². The maximum Gasteiger partial charge on any atom is 0.229 e. The van der Waals surface area contributed by atoms with Crippen LogP contribution in [0.15, 0.2) is 72.8 Å². The van der Waals surface area contributed by atoms with Crippen LogP contribution in [-0.2, 0) is 5.72 Å². The average Bonchev–Trinajstić information content (AvgIpc) is 2.66. The molecule has 2 heterocycles. The summed E-state index contributed by atoms with van der Waals surface area (Å²) in [6, 6.07) is 22.7. The van der Waals surface area contributed by atoms with Gasteiger partial charge in [0.05, 0.1) is 0 Å². The molecule has 0 aromatic heterocycles. The van der Waals surface area contributed by atoms with Gasteiger partial charge in [0, 0.05) is 34.4 Å². The molecule has 0 fully saturated rings. The van der Waals surface area contributed by atoms with Gasteiger partial charge in [-0.15, -0.1) is 0 Å². The minimum atomic E-state index is -0.661. The molecule has 3 aromatic carbocycles. The monoisotopic (exact) mass is 345 g/mol. The van der Waals surface area contributed by atoms with Crippen molar-refractivity contribution in [2.24, 2.45) is 0 Å². The molecule has 0 radical (unpaired) electrons. The Hall–Kier alpha value is -2.71. The summed E-state index contributed by atoms with van der Waals surface area (Å²) in [5, 5.41) is 0.714. The maximum atomic E-state index is 6.59. The van der Waals surface area contributed by atoms with Crippen LogP contribution in [0.3, 0.4) is 0 Å². The van der Waals surface area contributed by atoms with Crippen molar-refractivity contribution in [1.82, 2.24) is 0 Å². The van der Waals surface area contributed by atoms with Gasteiger partial charge in [-0.3, -0.25) is 0 Å². The lowest BCUT2D eigenvalue weighted by atomic mass is 9.84. The van der Waals surface area contributed by atoms with Crippen LogP contribution in [0, 0.1) is 0 Å². The molecule has 3 heteroatoms. The van der Waals surface area contributed by atoms with Crippen LogP contribution < -0.4 is 9.64 Å². The van der Waals surface area contributed by atoms with Crippen molar-refractivity contribution in [2.45, 2.75) is 5.72 Å². The molecule has 0 amide bonds. The van der Waals surface area contributed by atoms with Crippen LogP contribution in [0.5, 0.6) is 5.75 Å². The normalized spacial score (nSPS) is 19.8. The van der Waals surface area contributed by atoms with Gasteiger partial charge in [0.15, 0.2) is 0 Å². The molecule has 25 heavy (non-hydrogen) atoms. The number of benzene rings is 3. The molecule has 0 unspecified atom stereocenters. The fourth-order valence-electron chi connectivity index (χ4n) is 3.86. The summed E-state index contributed by atoms with van der Waals surface area (Å²) >= 11 is 6.13. The molecule has 1 spiro atoms. The van der Waals surface area contributed by atoms with E-state index in [0.717, 1.165) is 22.6 Å². The molecule has 122 valence electrons. The van der Waals surface area contributed by atoms with Crippen LogP contribution in [0.25, 0.3) is 17.2 Å². The van der Waals surface area contributed by atoms with Crippen molar-refractivity contribution in [3.63, 3.8) is 0 Å². The number of para-hydroxylation sites is 1. The number of hydrogen-bond donors (Lipinski definition) is 0. The Bertz CT molecular complexity index is 1030. The largest absolute Gasteiger partial charge is 0.459 e. The van der Waals surface area contributed by atoms with Crippen molar-refractivity contribution in [1.29, 1.82) is 0 Å². The number of hydrogen-bond acceptors (Lipinski definition) is 2. The molecule has 3 aromatic rings. The third-order valence-electron chi connectivity index (χ3n) is 5.09. The van der Waals surface area contributed by atoms with Crippen LogP contribution >= 0.6 is 11.6 Å². The quantitative estimate of drug-likeness (QED) is 0.517. The molecule has 2 aliphatic heterocycles. The first-order chi connectivity index (χ1) is 12.2. The van der Waals surface area contributed by atoms with E-state index in [-0.39, 0.29) is 0 Å². The first-order valence-corrected chi connectivity index (χ1v) is 8.67. The van der Waals surface area contributed by atoms with E-state index in [1.54, 1.807) is 0 Å². The second-order valence-electron chi connectivity index (χ2n) is 6.44. The highest BCUT2D eigenvalue weighted by molar-refractivity contribution is 6.30. The van der Waals surface area contributed by atoms with Crippen molar-refractivity contribution >= 4 is 23.4 Å². The highest BCUT2D eigenvalue weighted by Gasteiger charge is 2.44. The second-order valence-corrected chi connectivity index (χ2v) is 6.87. The number of halogens is 1. The summed E-state index contributed by atoms with van der Waals surface area (Å²) in [5.41, 5.74) is 5.08. The smallest absolute Gasteiger partial charge is 0.229 e. The third-order valence-corrected chi connectivity index (χ3v) is 5.33. The van der Waals surface area contributed by atoms with E-state index in [0.29, 0.717) is 5.02 Å². The lowest BCUT2D eigenvalue weighted by molar-refractivity contribution is 0.116. The van der Waals surface area contributed by atoms with Crippen LogP contribution in [-0.4, -0.2) is 7.05 Å². The van der Waals surface area contributed by atoms with Crippen LogP contribution in [0.4, 0.5) is 5.69 Å². The van der Waals surface area contributed by atoms with Gasteiger partial charge < -0.3 is 9.64 Å². The molecule has 2 aliphatic rings. The van der Waals surface area contributed by atoms with E-state index in [1.165, 1.54) is 11.1 Å². The highest BCUT2D eigenvalue weighted by Crippen LogP contribution is 2.50. The number of ether oxygens (including phenoxy) is 1. The molecule has 0 saturated heterocycles. The number of fused-ring (bicyclic) bond motifs is 5. The Morgan fingerprint density at radius 3 is 2.56 bits per heavy atom. The van der Waals surface area contributed by atoms with E-state index in [1.807, 2.05) is 18.2 Å². The zero-order valence-corrected chi connectivity index (χ0v) is 14.5. The van der Waals surface area contributed by atoms with Gasteiger partial charge >= 0.3 is 0 Å². The van der Waals surface area contributed by atoms with Gasteiger partial charge in [0.1, 0.15) is 5.75 Å². The molecule has 2 nitrogen and oxygen atoms in total. The van der Waals surface area contributed by atoms with Crippen molar-refractivity contribution in [3.05, 3.63) is 89.0 Å². The minimum absolute atomic E-state index is 0.661. The topological polar surface area (TPSA) is 12.5 Å². The van der Waals surface area contributed by atoms with Gasteiger partial charge in [0.25, 0.3) is 0 Å². The predicted molar refractivity (Wildman–Crippen MR) is 103 cm³/mol. The number of nitrogens with zero attached hydrogens (tertiary/aromatic N) is 1. The third kappa shape index (κ3) is 1.98. The Balaban J connectivity index is 1.77. The summed E-state index contributed by atoms with van der Waals surface area (Å²) in [6.45, 7) is 0. The first kappa shape index (κ1) is 14.6. The van der Waals surface area contributed by atoms with Gasteiger partial charge in [0.2, 0.25) is 5.72 Å². The molecule has 0 N–H and O–H groups in total. The molecular formula is C22H16ClNO. The standard InChI is InChI=1S/C22H16ClNO/c1-24-20-9-5-3-7-18(20)17-6-2-4-8-19(17)22(24)13-12-15-14-16(23)10-11-21(15)25-22/h2-14H,1H3/t22-/m1/s1. The van der Waals surface area contributed by atoms with Gasteiger partial charge in [-0.1, -0.05) is 54.1 Å². The van der Waals surface area contributed by atoms with E-state index in [2.05, 4.69) is 72.6 Å². The molecule has 0 saturated carbocycles. The zero-order valence-electron chi connectivity index (χ0n) is 13.7. The molecular weight excluding hydrogens is 330 g/mol. The average molecular weight is 346 g/mol. The maximum absolute atomic E-state index is 6.59. The number of rotatable bonds is 0. The fraction of sp³-hybridized carbons (Fsp3) is 0.0909. The Morgan fingerprint density at radius 2 is 1.68 bits per heavy atom. The summed E-state index contributed by atoms with van der Waals surface area (Å²) in [6.07, 6.45) is 4.23. The number of likely N-dealkylation sites (N-methyl/N-ethyl adjacent to an activating group) is 1. The Kier molecular flexibility index (Phi) is 3.01. The van der Waals surface area contributed by atoms with Crippen LogP contribution in [0.2, 0.25) is 5.02 Å². The minimum Gasteiger partial charge on any atom is -0.459 e. The predicted octanol–water partition coefficient (Wildman–Crippen LogP) is 5.72. The van der Waals surface area contributed by atoms with Crippen LogP contribution in [0.1, 0.15) is 11.1 Å². The molecule has 0 bridgehead atoms. The number of anilines is 1. The summed E-state index contributed by atoms with van der Waals surface area (Å²) in [5.74, 6) is 0.841. The summed E-state index contributed by atoms with van der Waals surface area (Å²) in [4.78, 5) is 2.21.